The number of nitrogens with zero attached hydrogens (tertiary/aromatic N) is 3. The maximum Gasteiger partial charge on any atom is 0.169 e. The molecule has 1 aromatic carbocycles. The van der Waals surface area contributed by atoms with Crippen molar-refractivity contribution >= 4 is 35.2 Å². The van der Waals surface area contributed by atoms with E-state index in [9.17, 15) is 0 Å². The van der Waals surface area contributed by atoms with E-state index in [0.717, 1.165) is 32.6 Å². The minimum atomic E-state index is 0.739. The minimum absolute atomic E-state index is 0.739. The Morgan fingerprint density at radius 3 is 2.03 bits per heavy atom. The zero-order valence-corrected chi connectivity index (χ0v) is 18.7. The van der Waals surface area contributed by atoms with Gasteiger partial charge in [-0.15, -0.1) is 0 Å². The summed E-state index contributed by atoms with van der Waals surface area (Å²) in [5.74, 6) is 0. The number of rotatable bonds is 13. The summed E-state index contributed by atoms with van der Waals surface area (Å²) in [5.41, 5.74) is 3.77. The number of isothiocyanates is 1. The van der Waals surface area contributed by atoms with Gasteiger partial charge in [-0.1, -0.05) is 51.0 Å². The predicted molar refractivity (Wildman–Crippen MR) is 129 cm³/mol. The van der Waals surface area contributed by atoms with Crippen LogP contribution in [0.4, 0.5) is 5.69 Å². The predicted octanol–water partition coefficient (Wildman–Crippen LogP) is 6.04. The van der Waals surface area contributed by atoms with Gasteiger partial charge in [0, 0.05) is 37.3 Å². The lowest BCUT2D eigenvalue weighted by Crippen LogP contribution is -2.32. The second-order valence-corrected chi connectivity index (χ2v) is 7.50. The van der Waals surface area contributed by atoms with Crippen molar-refractivity contribution in [2.24, 2.45) is 4.99 Å². The van der Waals surface area contributed by atoms with Crippen LogP contribution in [0.15, 0.2) is 53.8 Å². The molecule has 0 bridgehead atoms. The third-order valence-corrected chi connectivity index (χ3v) is 5.09. The summed E-state index contributed by atoms with van der Waals surface area (Å²) in [6.07, 6.45) is 14.5. The molecule has 1 heterocycles. The second-order valence-electron chi connectivity index (χ2n) is 7.31. The van der Waals surface area contributed by atoms with Crippen molar-refractivity contribution in [2.75, 3.05) is 24.5 Å². The highest BCUT2D eigenvalue weighted by Crippen LogP contribution is 2.18. The zero-order chi connectivity index (χ0) is 20.7. The van der Waals surface area contributed by atoms with Crippen molar-refractivity contribution in [2.45, 2.75) is 52.5 Å². The quantitative estimate of drug-likeness (QED) is 0.174. The number of unbranched alkanes of at least 4 members (excludes halogenated alkanes) is 2. The zero-order valence-electron chi connectivity index (χ0n) is 17.9. The molecule has 1 aromatic heterocycles. The number of aliphatic imine (C=N–C) groups is 1. The minimum Gasteiger partial charge on any atom is -0.372 e. The maximum atomic E-state index is 4.59. The van der Waals surface area contributed by atoms with Gasteiger partial charge in [-0.25, -0.2) is 9.56 Å². The van der Waals surface area contributed by atoms with Crippen LogP contribution in [0.3, 0.4) is 0 Å². The number of thiocarbonyl (C=S) groups is 1. The molecule has 0 unspecified atom stereocenters. The molecule has 4 heteroatoms. The summed E-state index contributed by atoms with van der Waals surface area (Å²) in [6.45, 7) is 8.49. The highest BCUT2D eigenvalue weighted by atomic mass is 32.1. The van der Waals surface area contributed by atoms with Crippen LogP contribution in [0.2, 0.25) is 0 Å². The van der Waals surface area contributed by atoms with Gasteiger partial charge in [-0.05, 0) is 48.3 Å². The Balaban J connectivity index is 1.93. The Morgan fingerprint density at radius 1 is 0.897 bits per heavy atom. The number of hydrogen-bond donors (Lipinski definition) is 0. The first-order valence-corrected chi connectivity index (χ1v) is 11.2. The van der Waals surface area contributed by atoms with Gasteiger partial charge in [-0.3, -0.25) is 0 Å². The van der Waals surface area contributed by atoms with Crippen LogP contribution in [0.1, 0.15) is 57.1 Å². The molecule has 154 valence electrons. The average Bonchev–Trinajstić information content (AvgIpc) is 2.77. The fourth-order valence-electron chi connectivity index (χ4n) is 3.16. The molecule has 2 rings (SSSR count). The van der Waals surface area contributed by atoms with Gasteiger partial charge in [0.1, 0.15) is 6.54 Å². The van der Waals surface area contributed by atoms with E-state index in [1.54, 1.807) is 0 Å². The van der Waals surface area contributed by atoms with Crippen molar-refractivity contribution in [3.63, 3.8) is 0 Å². The summed E-state index contributed by atoms with van der Waals surface area (Å²) in [7, 11) is 0. The normalized spacial score (nSPS) is 10.8. The molecule has 0 spiro atoms. The van der Waals surface area contributed by atoms with E-state index in [1.165, 1.54) is 42.5 Å². The molecule has 0 saturated carbocycles. The molecule has 0 saturated heterocycles. The molecule has 0 aliphatic carbocycles. The van der Waals surface area contributed by atoms with Gasteiger partial charge >= 0.3 is 0 Å². The smallest absolute Gasteiger partial charge is 0.169 e. The van der Waals surface area contributed by atoms with Crippen molar-refractivity contribution < 1.29 is 4.57 Å². The molecule has 0 aliphatic rings. The van der Waals surface area contributed by atoms with E-state index >= 15 is 0 Å². The highest BCUT2D eigenvalue weighted by molar-refractivity contribution is 7.78. The standard InChI is InChI=1S/C25H34N3S/c1-3-5-18-28(19-6-4-2)25-12-10-23(11-13-25)8-9-24-14-20-27(21-15-24)17-7-16-26-22-29/h8-15,20-21H,3-7,16-19H2,1-2H3/q+1. The van der Waals surface area contributed by atoms with Crippen LogP contribution >= 0.6 is 12.2 Å². The van der Waals surface area contributed by atoms with E-state index in [-0.39, 0.29) is 0 Å². The molecule has 0 atom stereocenters. The monoisotopic (exact) mass is 408 g/mol. The van der Waals surface area contributed by atoms with Gasteiger partial charge in [-0.2, -0.15) is 0 Å². The molecule has 3 nitrogen and oxygen atoms in total. The SMILES string of the molecule is CCCCN(CCCC)c1ccc(/C=C/c2cc[n+](CCCN=C=S)cc2)cc1. The lowest BCUT2D eigenvalue weighted by molar-refractivity contribution is -0.697. The molecule has 0 amide bonds. The summed E-state index contributed by atoms with van der Waals surface area (Å²) < 4.78 is 2.17. The largest absolute Gasteiger partial charge is 0.372 e. The Bertz CT molecular complexity index is 767. The Hall–Kier alpha value is -2.29. The van der Waals surface area contributed by atoms with E-state index in [0.29, 0.717) is 0 Å². The molecule has 0 N–H and O–H groups in total. The molecule has 0 aliphatic heterocycles. The molecule has 0 radical (unpaired) electrons. The maximum absolute atomic E-state index is 4.59. The van der Waals surface area contributed by atoms with Crippen LogP contribution in [-0.4, -0.2) is 24.8 Å². The van der Waals surface area contributed by atoms with Gasteiger partial charge < -0.3 is 4.90 Å². The van der Waals surface area contributed by atoms with Crippen molar-refractivity contribution in [1.82, 2.24) is 0 Å². The Kier molecular flexibility index (Phi) is 11.0. The van der Waals surface area contributed by atoms with Gasteiger partial charge in [0.2, 0.25) is 0 Å². The molecule has 29 heavy (non-hydrogen) atoms. The lowest BCUT2D eigenvalue weighted by Gasteiger charge is -2.24. The molecular weight excluding hydrogens is 374 g/mol. The lowest BCUT2D eigenvalue weighted by atomic mass is 10.1. The number of anilines is 1. The summed E-state index contributed by atoms with van der Waals surface area (Å²) >= 11 is 4.59. The topological polar surface area (TPSA) is 19.5 Å². The number of pyridine rings is 1. The number of aromatic nitrogens is 1. The van der Waals surface area contributed by atoms with Crippen molar-refractivity contribution in [3.05, 3.63) is 59.9 Å². The third-order valence-electron chi connectivity index (χ3n) is 4.96. The first-order chi connectivity index (χ1) is 14.3. The van der Waals surface area contributed by atoms with Gasteiger partial charge in [0.05, 0.1) is 11.7 Å². The van der Waals surface area contributed by atoms with Gasteiger partial charge in [0.15, 0.2) is 12.4 Å². The van der Waals surface area contributed by atoms with Crippen LogP contribution in [0.25, 0.3) is 12.2 Å². The number of hydrogen-bond acceptors (Lipinski definition) is 3. The Morgan fingerprint density at radius 2 is 1.48 bits per heavy atom. The van der Waals surface area contributed by atoms with Crippen molar-refractivity contribution in [1.29, 1.82) is 0 Å². The number of benzene rings is 1. The van der Waals surface area contributed by atoms with E-state index in [2.05, 4.69) is 107 Å². The van der Waals surface area contributed by atoms with E-state index in [4.69, 9.17) is 0 Å². The fraction of sp³-hybridized carbons (Fsp3) is 0.440. The molecule has 2 aromatic rings. The van der Waals surface area contributed by atoms with Crippen molar-refractivity contribution in [3.8, 4) is 0 Å². The molecule has 0 fully saturated rings. The van der Waals surface area contributed by atoms with Crippen LogP contribution in [-0.2, 0) is 6.54 Å². The Labute approximate surface area is 181 Å². The van der Waals surface area contributed by atoms with Crippen LogP contribution in [0, 0.1) is 0 Å². The average molecular weight is 409 g/mol. The summed E-state index contributed by atoms with van der Waals surface area (Å²) in [5, 5.41) is 2.41. The summed E-state index contributed by atoms with van der Waals surface area (Å²) in [6, 6.07) is 13.2. The first-order valence-electron chi connectivity index (χ1n) is 10.8. The van der Waals surface area contributed by atoms with E-state index < -0.39 is 0 Å². The number of aryl methyl sites for hydroxylation is 1. The fourth-order valence-corrected chi connectivity index (χ4v) is 3.25. The highest BCUT2D eigenvalue weighted by Gasteiger charge is 2.05. The van der Waals surface area contributed by atoms with Crippen LogP contribution in [0.5, 0.6) is 0 Å². The third kappa shape index (κ3) is 8.72. The van der Waals surface area contributed by atoms with E-state index in [1.807, 2.05) is 0 Å². The first kappa shape index (κ1) is 23.0. The molecular formula is C25H34N3S+. The van der Waals surface area contributed by atoms with Gasteiger partial charge in [0.25, 0.3) is 0 Å². The second kappa shape index (κ2) is 13.8. The summed E-state index contributed by atoms with van der Waals surface area (Å²) in [4.78, 5) is 6.47. The van der Waals surface area contributed by atoms with Crippen LogP contribution < -0.4 is 9.47 Å².